The maximum Gasteiger partial charge on any atom is 0.338 e. The maximum atomic E-state index is 12.2. The fourth-order valence-electron chi connectivity index (χ4n) is 2.17. The van der Waals surface area contributed by atoms with Crippen molar-refractivity contribution in [2.45, 2.75) is 20.8 Å². The van der Waals surface area contributed by atoms with Crippen LogP contribution in [0.2, 0.25) is 0 Å². The quantitative estimate of drug-likeness (QED) is 0.487. The summed E-state index contributed by atoms with van der Waals surface area (Å²) in [6, 6.07) is 14.4. The summed E-state index contributed by atoms with van der Waals surface area (Å²) >= 11 is 0. The zero-order chi connectivity index (χ0) is 17.5. The van der Waals surface area contributed by atoms with Crippen molar-refractivity contribution < 1.29 is 14.3 Å². The van der Waals surface area contributed by atoms with Gasteiger partial charge in [-0.1, -0.05) is 29.8 Å². The Labute approximate surface area is 142 Å². The molecule has 0 aromatic heterocycles. The molecule has 2 aromatic rings. The highest BCUT2D eigenvalue weighted by molar-refractivity contribution is 6.05. The van der Waals surface area contributed by atoms with Crippen molar-refractivity contribution in [1.82, 2.24) is 0 Å². The highest BCUT2D eigenvalue weighted by Gasteiger charge is 2.06. The Balaban J connectivity index is 2.03. The molecule has 0 unspecified atom stereocenters. The van der Waals surface area contributed by atoms with Gasteiger partial charge in [0.25, 0.3) is 0 Å². The van der Waals surface area contributed by atoms with Crippen molar-refractivity contribution >= 4 is 17.4 Å². The molecule has 0 bridgehead atoms. The summed E-state index contributed by atoms with van der Waals surface area (Å²) in [5.74, 6) is -0.394. The number of rotatable bonds is 6. The molecule has 4 heteroatoms. The summed E-state index contributed by atoms with van der Waals surface area (Å²) in [6.07, 6.45) is 1.56. The third-order valence-corrected chi connectivity index (χ3v) is 3.42. The first kappa shape index (κ1) is 17.5. The number of allylic oxidation sites excluding steroid dienone is 2. The van der Waals surface area contributed by atoms with Crippen LogP contribution >= 0.6 is 0 Å². The summed E-state index contributed by atoms with van der Waals surface area (Å²) in [5, 5.41) is 3.14. The zero-order valence-electron chi connectivity index (χ0n) is 14.1. The third kappa shape index (κ3) is 4.81. The second kappa shape index (κ2) is 8.11. The number of anilines is 1. The van der Waals surface area contributed by atoms with Crippen molar-refractivity contribution in [1.29, 1.82) is 0 Å². The van der Waals surface area contributed by atoms with Crippen LogP contribution in [0.3, 0.4) is 0 Å². The number of carbonyl (C=O) groups excluding carboxylic acids is 2. The average molecular weight is 323 g/mol. The molecule has 0 heterocycles. The molecule has 0 atom stereocenters. The van der Waals surface area contributed by atoms with Crippen molar-refractivity contribution in [2.24, 2.45) is 0 Å². The molecule has 0 spiro atoms. The van der Waals surface area contributed by atoms with Crippen molar-refractivity contribution in [3.8, 4) is 0 Å². The van der Waals surface area contributed by atoms with Crippen LogP contribution in [-0.4, -0.2) is 18.4 Å². The second-order valence-electron chi connectivity index (χ2n) is 5.48. The molecule has 2 aromatic carbocycles. The van der Waals surface area contributed by atoms with Gasteiger partial charge in [0.05, 0.1) is 12.2 Å². The van der Waals surface area contributed by atoms with E-state index < -0.39 is 0 Å². The zero-order valence-corrected chi connectivity index (χ0v) is 14.1. The fourth-order valence-corrected chi connectivity index (χ4v) is 2.17. The lowest BCUT2D eigenvalue weighted by Gasteiger charge is -2.08. The van der Waals surface area contributed by atoms with E-state index in [4.69, 9.17) is 4.74 Å². The molecular formula is C20H21NO3. The number of ether oxygens (including phenoxy) is 1. The van der Waals surface area contributed by atoms with E-state index in [2.05, 4.69) is 5.32 Å². The van der Waals surface area contributed by atoms with Crippen LogP contribution in [0, 0.1) is 6.92 Å². The van der Waals surface area contributed by atoms with Crippen LogP contribution in [0.1, 0.15) is 40.1 Å². The van der Waals surface area contributed by atoms with E-state index in [1.54, 1.807) is 37.3 Å². The second-order valence-corrected chi connectivity index (χ2v) is 5.48. The molecule has 0 amide bonds. The Morgan fingerprint density at radius 3 is 2.17 bits per heavy atom. The Bertz CT molecular complexity index is 743. The van der Waals surface area contributed by atoms with Gasteiger partial charge in [0, 0.05) is 23.0 Å². The molecule has 1 N–H and O–H groups in total. The number of benzene rings is 2. The van der Waals surface area contributed by atoms with E-state index in [0.717, 1.165) is 16.9 Å². The number of aryl methyl sites for hydroxylation is 1. The minimum absolute atomic E-state index is 0.0526. The third-order valence-electron chi connectivity index (χ3n) is 3.42. The van der Waals surface area contributed by atoms with Gasteiger partial charge < -0.3 is 10.1 Å². The topological polar surface area (TPSA) is 55.4 Å². The van der Waals surface area contributed by atoms with Crippen LogP contribution in [0.25, 0.3) is 0 Å². The van der Waals surface area contributed by atoms with Crippen LogP contribution in [0.15, 0.2) is 60.3 Å². The van der Waals surface area contributed by atoms with Crippen molar-refractivity contribution in [3.63, 3.8) is 0 Å². The highest BCUT2D eigenvalue weighted by atomic mass is 16.5. The van der Waals surface area contributed by atoms with Crippen LogP contribution < -0.4 is 5.32 Å². The van der Waals surface area contributed by atoms with Gasteiger partial charge in [0.2, 0.25) is 0 Å². The maximum absolute atomic E-state index is 12.2. The summed E-state index contributed by atoms with van der Waals surface area (Å²) in [6.45, 7) is 5.93. The molecule has 0 radical (unpaired) electrons. The van der Waals surface area contributed by atoms with E-state index in [1.807, 2.05) is 38.1 Å². The number of esters is 1. The fraction of sp³-hybridized carbons (Fsp3) is 0.200. The number of ketones is 1. The van der Waals surface area contributed by atoms with Gasteiger partial charge in [0.15, 0.2) is 5.78 Å². The smallest absolute Gasteiger partial charge is 0.338 e. The van der Waals surface area contributed by atoms with Gasteiger partial charge in [-0.2, -0.15) is 0 Å². The lowest BCUT2D eigenvalue weighted by atomic mass is 10.1. The van der Waals surface area contributed by atoms with Gasteiger partial charge in [-0.25, -0.2) is 4.79 Å². The van der Waals surface area contributed by atoms with E-state index >= 15 is 0 Å². The summed E-state index contributed by atoms with van der Waals surface area (Å²) in [7, 11) is 0. The monoisotopic (exact) mass is 323 g/mol. The first-order valence-corrected chi connectivity index (χ1v) is 7.83. The largest absolute Gasteiger partial charge is 0.462 e. The first-order valence-electron chi connectivity index (χ1n) is 7.83. The van der Waals surface area contributed by atoms with Crippen LogP contribution in [-0.2, 0) is 4.74 Å². The van der Waals surface area contributed by atoms with E-state index in [1.165, 1.54) is 0 Å². The number of hydrogen-bond donors (Lipinski definition) is 1. The van der Waals surface area contributed by atoms with Gasteiger partial charge in [-0.05, 0) is 45.0 Å². The Morgan fingerprint density at radius 1 is 1.00 bits per heavy atom. The molecule has 0 aliphatic carbocycles. The first-order chi connectivity index (χ1) is 11.5. The Hall–Kier alpha value is -2.88. The average Bonchev–Trinajstić information content (AvgIpc) is 2.56. The van der Waals surface area contributed by atoms with Gasteiger partial charge >= 0.3 is 5.97 Å². The molecule has 24 heavy (non-hydrogen) atoms. The van der Waals surface area contributed by atoms with E-state index in [-0.39, 0.29) is 11.8 Å². The van der Waals surface area contributed by atoms with E-state index in [0.29, 0.717) is 17.7 Å². The predicted molar refractivity (Wildman–Crippen MR) is 95.3 cm³/mol. The molecule has 0 saturated heterocycles. The number of carbonyl (C=O) groups is 2. The molecule has 124 valence electrons. The van der Waals surface area contributed by atoms with Crippen molar-refractivity contribution in [3.05, 3.63) is 77.0 Å². The SMILES string of the molecule is CCOC(=O)c1ccc(NC(C)=CC(=O)c2ccc(C)cc2)cc1. The lowest BCUT2D eigenvalue weighted by molar-refractivity contribution is 0.0526. The highest BCUT2D eigenvalue weighted by Crippen LogP contribution is 2.14. The van der Waals surface area contributed by atoms with Crippen LogP contribution in [0.4, 0.5) is 5.69 Å². The lowest BCUT2D eigenvalue weighted by Crippen LogP contribution is -2.05. The molecular weight excluding hydrogens is 302 g/mol. The number of nitrogens with one attached hydrogen (secondary N) is 1. The van der Waals surface area contributed by atoms with Crippen molar-refractivity contribution in [2.75, 3.05) is 11.9 Å². The Morgan fingerprint density at radius 2 is 1.58 bits per heavy atom. The van der Waals surface area contributed by atoms with Gasteiger partial charge in [-0.15, -0.1) is 0 Å². The Kier molecular flexibility index (Phi) is 5.90. The molecule has 0 fully saturated rings. The molecule has 2 rings (SSSR count). The molecule has 0 saturated carbocycles. The van der Waals surface area contributed by atoms with E-state index in [9.17, 15) is 9.59 Å². The minimum atomic E-state index is -0.342. The molecule has 4 nitrogen and oxygen atoms in total. The standard InChI is InChI=1S/C20H21NO3/c1-4-24-20(23)17-9-11-18(12-10-17)21-15(3)13-19(22)16-7-5-14(2)6-8-16/h5-13,21H,4H2,1-3H3. The van der Waals surface area contributed by atoms with Gasteiger partial charge in [0.1, 0.15) is 0 Å². The summed E-state index contributed by atoms with van der Waals surface area (Å²) < 4.78 is 4.94. The number of hydrogen-bond acceptors (Lipinski definition) is 4. The summed E-state index contributed by atoms with van der Waals surface area (Å²) in [4.78, 5) is 23.8. The molecule has 0 aliphatic heterocycles. The van der Waals surface area contributed by atoms with Gasteiger partial charge in [-0.3, -0.25) is 4.79 Å². The minimum Gasteiger partial charge on any atom is -0.462 e. The summed E-state index contributed by atoms with van der Waals surface area (Å²) in [5.41, 5.74) is 3.80. The normalized spacial score (nSPS) is 11.0. The molecule has 0 aliphatic rings. The predicted octanol–water partition coefficient (Wildman–Crippen LogP) is 4.37. The van der Waals surface area contributed by atoms with Crippen LogP contribution in [0.5, 0.6) is 0 Å².